The van der Waals surface area contributed by atoms with Gasteiger partial charge in [-0.15, -0.1) is 5.10 Å². The molecule has 1 fully saturated rings. The Kier molecular flexibility index (Phi) is 4.94. The molecule has 3 rings (SSSR count). The lowest BCUT2D eigenvalue weighted by molar-refractivity contribution is -0.0343. The van der Waals surface area contributed by atoms with Gasteiger partial charge in [0.05, 0.1) is 12.2 Å². The highest BCUT2D eigenvalue weighted by Gasteiger charge is 2.41. The molecule has 6 nitrogen and oxygen atoms in total. The number of halogens is 1. The second kappa shape index (κ2) is 7.14. The monoisotopic (exact) mass is 345 g/mol. The van der Waals surface area contributed by atoms with Crippen LogP contribution in [0.3, 0.4) is 0 Å². The quantitative estimate of drug-likeness (QED) is 0.831. The topological polar surface area (TPSA) is 64.6 Å². The molecule has 1 unspecified atom stereocenters. The van der Waals surface area contributed by atoms with Crippen molar-refractivity contribution in [3.8, 4) is 5.75 Å². The molecule has 1 saturated heterocycles. The van der Waals surface area contributed by atoms with Crippen molar-refractivity contribution < 1.29 is 18.7 Å². The molecule has 0 bridgehead atoms. The first-order valence-corrected chi connectivity index (χ1v) is 8.04. The van der Waals surface area contributed by atoms with E-state index in [4.69, 9.17) is 9.47 Å². The minimum absolute atomic E-state index is 0.173. The van der Waals surface area contributed by atoms with Crippen LogP contribution >= 0.6 is 0 Å². The lowest BCUT2D eigenvalue weighted by Crippen LogP contribution is -2.42. The number of amides is 1. The zero-order valence-electron chi connectivity index (χ0n) is 14.2. The molecule has 1 amide bonds. The largest absolute Gasteiger partial charge is 0.491 e. The lowest BCUT2D eigenvalue weighted by atomic mass is 10.0. The number of likely N-dealkylation sites (tertiary alicyclic amines) is 1. The Morgan fingerprint density at radius 1 is 1.24 bits per heavy atom. The number of benzene rings is 1. The molecule has 0 spiro atoms. The fourth-order valence-corrected chi connectivity index (χ4v) is 2.78. The number of carbonyl (C=O) groups is 1. The number of aryl methyl sites for hydroxylation is 1. The number of rotatable bonds is 5. The highest BCUT2D eigenvalue weighted by molar-refractivity contribution is 5.92. The summed E-state index contributed by atoms with van der Waals surface area (Å²) in [5.41, 5.74) is 0.483. The highest BCUT2D eigenvalue weighted by Crippen LogP contribution is 2.27. The Morgan fingerprint density at radius 2 is 2.00 bits per heavy atom. The summed E-state index contributed by atoms with van der Waals surface area (Å²) in [4.78, 5) is 14.3. The van der Waals surface area contributed by atoms with Crippen molar-refractivity contribution >= 4 is 5.91 Å². The standard InChI is InChI=1S/C18H20FN3O3/c1-13-3-8-16(21-20-13)17(23)22-10-9-18(11-22,24-2)12-25-15-6-4-14(19)5-7-15/h3-8H,9-12H2,1-2H3. The van der Waals surface area contributed by atoms with E-state index in [2.05, 4.69) is 10.2 Å². The molecular weight excluding hydrogens is 325 g/mol. The minimum Gasteiger partial charge on any atom is -0.491 e. The third-order valence-electron chi connectivity index (χ3n) is 4.37. The van der Waals surface area contributed by atoms with Crippen LogP contribution in [0.1, 0.15) is 22.6 Å². The summed E-state index contributed by atoms with van der Waals surface area (Å²) >= 11 is 0. The van der Waals surface area contributed by atoms with Gasteiger partial charge < -0.3 is 14.4 Å². The summed E-state index contributed by atoms with van der Waals surface area (Å²) in [6.45, 7) is 3.05. The smallest absolute Gasteiger partial charge is 0.274 e. The molecule has 2 heterocycles. The molecule has 25 heavy (non-hydrogen) atoms. The number of hydrogen-bond acceptors (Lipinski definition) is 5. The van der Waals surface area contributed by atoms with Gasteiger partial charge in [-0.25, -0.2) is 4.39 Å². The Bertz CT molecular complexity index is 736. The van der Waals surface area contributed by atoms with E-state index in [-0.39, 0.29) is 18.3 Å². The predicted molar refractivity (Wildman–Crippen MR) is 88.9 cm³/mol. The average Bonchev–Trinajstić information content (AvgIpc) is 3.06. The molecule has 132 valence electrons. The SMILES string of the molecule is COC1(COc2ccc(F)cc2)CCN(C(=O)c2ccc(C)nn2)C1. The average molecular weight is 345 g/mol. The first-order valence-electron chi connectivity index (χ1n) is 8.04. The highest BCUT2D eigenvalue weighted by atomic mass is 19.1. The molecule has 1 aliphatic rings. The molecular formula is C18H20FN3O3. The summed E-state index contributed by atoms with van der Waals surface area (Å²) in [5, 5.41) is 7.88. The molecule has 1 aromatic carbocycles. The van der Waals surface area contributed by atoms with Crippen molar-refractivity contribution in [3.63, 3.8) is 0 Å². The van der Waals surface area contributed by atoms with Gasteiger partial charge >= 0.3 is 0 Å². The summed E-state index contributed by atoms with van der Waals surface area (Å²) < 4.78 is 24.3. The van der Waals surface area contributed by atoms with Gasteiger partial charge in [-0.3, -0.25) is 4.79 Å². The van der Waals surface area contributed by atoms with E-state index in [0.29, 0.717) is 31.0 Å². The summed E-state index contributed by atoms with van der Waals surface area (Å²) in [7, 11) is 1.60. The molecule has 0 radical (unpaired) electrons. The first-order chi connectivity index (χ1) is 12.0. The van der Waals surface area contributed by atoms with Gasteiger partial charge in [0.15, 0.2) is 5.69 Å². The van der Waals surface area contributed by atoms with Crippen LogP contribution in [0.2, 0.25) is 0 Å². The van der Waals surface area contributed by atoms with Gasteiger partial charge in [0.25, 0.3) is 5.91 Å². The van der Waals surface area contributed by atoms with Gasteiger partial charge in [-0.2, -0.15) is 5.10 Å². The first kappa shape index (κ1) is 17.3. The Morgan fingerprint density at radius 3 is 2.64 bits per heavy atom. The van der Waals surface area contributed by atoms with E-state index in [0.717, 1.165) is 5.69 Å². The summed E-state index contributed by atoms with van der Waals surface area (Å²) in [6, 6.07) is 9.26. The second-order valence-corrected chi connectivity index (χ2v) is 6.17. The lowest BCUT2D eigenvalue weighted by Gasteiger charge is -2.27. The molecule has 7 heteroatoms. The number of carbonyl (C=O) groups excluding carboxylic acids is 1. The molecule has 1 aliphatic heterocycles. The van der Waals surface area contributed by atoms with Crippen molar-refractivity contribution in [2.75, 3.05) is 26.8 Å². The van der Waals surface area contributed by atoms with E-state index in [1.165, 1.54) is 12.1 Å². The number of aromatic nitrogens is 2. The zero-order valence-corrected chi connectivity index (χ0v) is 14.2. The van der Waals surface area contributed by atoms with Crippen LogP contribution in [-0.4, -0.2) is 53.4 Å². The molecule has 2 aromatic rings. The second-order valence-electron chi connectivity index (χ2n) is 6.17. The summed E-state index contributed by atoms with van der Waals surface area (Å²) in [5.74, 6) is 0.0749. The van der Waals surface area contributed by atoms with Crippen LogP contribution in [0.25, 0.3) is 0 Å². The molecule has 0 N–H and O–H groups in total. The van der Waals surface area contributed by atoms with Crippen LogP contribution < -0.4 is 4.74 Å². The van der Waals surface area contributed by atoms with Gasteiger partial charge in [0.1, 0.15) is 23.8 Å². The Balaban J connectivity index is 1.64. The fraction of sp³-hybridized carbons (Fsp3) is 0.389. The van der Waals surface area contributed by atoms with E-state index in [1.807, 2.05) is 6.92 Å². The Labute approximate surface area is 145 Å². The maximum Gasteiger partial charge on any atom is 0.274 e. The van der Waals surface area contributed by atoms with E-state index < -0.39 is 5.60 Å². The number of nitrogens with zero attached hydrogens (tertiary/aromatic N) is 3. The predicted octanol–water partition coefficient (Wildman–Crippen LogP) is 2.23. The van der Waals surface area contributed by atoms with Gasteiger partial charge in [-0.1, -0.05) is 0 Å². The van der Waals surface area contributed by atoms with E-state index in [9.17, 15) is 9.18 Å². The van der Waals surface area contributed by atoms with Gasteiger partial charge in [0, 0.05) is 13.7 Å². The van der Waals surface area contributed by atoms with Crippen LogP contribution in [0.5, 0.6) is 5.75 Å². The molecule has 1 atom stereocenters. The molecule has 0 aliphatic carbocycles. The maximum absolute atomic E-state index is 13.0. The number of methoxy groups -OCH3 is 1. The van der Waals surface area contributed by atoms with E-state index in [1.54, 1.807) is 36.3 Å². The van der Waals surface area contributed by atoms with Crippen molar-refractivity contribution in [1.29, 1.82) is 0 Å². The Hall–Kier alpha value is -2.54. The number of hydrogen-bond donors (Lipinski definition) is 0. The zero-order chi connectivity index (χ0) is 17.9. The normalized spacial score (nSPS) is 19.9. The molecule has 0 saturated carbocycles. The van der Waals surface area contributed by atoms with Crippen molar-refractivity contribution in [2.24, 2.45) is 0 Å². The van der Waals surface area contributed by atoms with Gasteiger partial charge in [0.2, 0.25) is 0 Å². The van der Waals surface area contributed by atoms with E-state index >= 15 is 0 Å². The third kappa shape index (κ3) is 3.93. The third-order valence-corrected chi connectivity index (χ3v) is 4.37. The maximum atomic E-state index is 13.0. The van der Waals surface area contributed by atoms with Crippen molar-refractivity contribution in [2.45, 2.75) is 18.9 Å². The molecule has 1 aromatic heterocycles. The number of ether oxygens (including phenoxy) is 2. The van der Waals surface area contributed by atoms with Crippen molar-refractivity contribution in [1.82, 2.24) is 15.1 Å². The van der Waals surface area contributed by atoms with Crippen LogP contribution in [0.4, 0.5) is 4.39 Å². The fourth-order valence-electron chi connectivity index (χ4n) is 2.78. The van der Waals surface area contributed by atoms with Crippen molar-refractivity contribution in [3.05, 3.63) is 53.6 Å². The van der Waals surface area contributed by atoms with Crippen LogP contribution in [0.15, 0.2) is 36.4 Å². The summed E-state index contributed by atoms with van der Waals surface area (Å²) in [6.07, 6.45) is 0.649. The van der Waals surface area contributed by atoms with Crippen LogP contribution in [-0.2, 0) is 4.74 Å². The van der Waals surface area contributed by atoms with Gasteiger partial charge in [-0.05, 0) is 49.7 Å². The minimum atomic E-state index is -0.595. The van der Waals surface area contributed by atoms with Crippen LogP contribution in [0, 0.1) is 12.7 Å².